The minimum Gasteiger partial charge on any atom is -0.490 e. The number of Topliss-reactive ketones (excluding diaryl/α,β-unsaturated/α-hetero) is 1. The van der Waals surface area contributed by atoms with E-state index in [-0.39, 0.29) is 11.2 Å². The van der Waals surface area contributed by atoms with Crippen molar-refractivity contribution in [3.05, 3.63) is 42.0 Å². The molecule has 0 spiro atoms. The molecule has 0 saturated heterocycles. The molecule has 0 heterocycles. The lowest BCUT2D eigenvalue weighted by Gasteiger charge is -2.47. The summed E-state index contributed by atoms with van der Waals surface area (Å²) in [6.45, 7) is 6.30. The van der Waals surface area contributed by atoms with Gasteiger partial charge in [-0.25, -0.2) is 0 Å². The monoisotopic (exact) mass is 339 g/mol. The fraction of sp³-hybridized carbons (Fsp3) is 0.524. The molecule has 4 atom stereocenters. The van der Waals surface area contributed by atoms with Crippen molar-refractivity contribution in [1.29, 1.82) is 0 Å². The maximum absolute atomic E-state index is 12.6. The minimum atomic E-state index is -0.340. The van der Waals surface area contributed by atoms with Crippen LogP contribution in [0, 0.1) is 17.3 Å². The predicted molar refractivity (Wildman–Crippen MR) is 96.4 cm³/mol. The number of hydrogen-bond acceptors (Lipinski definition) is 4. The summed E-state index contributed by atoms with van der Waals surface area (Å²) in [4.78, 5) is 12.6. The molecule has 0 radical (unpaired) electrons. The zero-order valence-electron chi connectivity index (χ0n) is 14.7. The Morgan fingerprint density at radius 1 is 1.44 bits per heavy atom. The quantitative estimate of drug-likeness (QED) is 0.512. The number of nitrogens with zero attached hydrogens (tertiary/aromatic N) is 1. The number of rotatable bonds is 3. The molecule has 2 saturated carbocycles. The molecule has 4 nitrogen and oxygen atoms in total. The van der Waals surface area contributed by atoms with E-state index in [1.807, 2.05) is 0 Å². The van der Waals surface area contributed by atoms with Crippen LogP contribution in [0.15, 0.2) is 36.0 Å². The highest BCUT2D eigenvalue weighted by Crippen LogP contribution is 2.59. The number of ketones is 1. The maximum Gasteiger partial charge on any atom is 0.186 e. The number of ether oxygens (including phenoxy) is 1. The minimum absolute atomic E-state index is 0.0671. The summed E-state index contributed by atoms with van der Waals surface area (Å²) in [5, 5.41) is 12.5. The molecule has 4 heteroatoms. The molecule has 1 aromatic carbocycles. The van der Waals surface area contributed by atoms with Crippen LogP contribution in [0.4, 0.5) is 0 Å². The van der Waals surface area contributed by atoms with E-state index < -0.39 is 0 Å². The lowest BCUT2D eigenvalue weighted by molar-refractivity contribution is -0.125. The van der Waals surface area contributed by atoms with Gasteiger partial charge < -0.3 is 9.94 Å². The normalized spacial score (nSPS) is 35.0. The van der Waals surface area contributed by atoms with E-state index in [4.69, 9.17) is 4.74 Å². The van der Waals surface area contributed by atoms with E-state index in [0.717, 1.165) is 31.4 Å². The van der Waals surface area contributed by atoms with Crippen molar-refractivity contribution in [2.75, 3.05) is 6.61 Å². The Labute approximate surface area is 148 Å². The van der Waals surface area contributed by atoms with Gasteiger partial charge in [-0.3, -0.25) is 4.79 Å². The van der Waals surface area contributed by atoms with E-state index in [0.29, 0.717) is 36.5 Å². The first-order valence-electron chi connectivity index (χ1n) is 9.20. The summed E-state index contributed by atoms with van der Waals surface area (Å²) >= 11 is 0. The van der Waals surface area contributed by atoms with Gasteiger partial charge in [0.2, 0.25) is 0 Å². The lowest BCUT2D eigenvalue weighted by atomic mass is 9.55. The molecule has 4 unspecified atom stereocenters. The standard InChI is InChI=1S/C21H25NO3/c1-3-10-25-14-5-7-15-13(11-14)4-6-17-16(15)8-9-21(2)18(17)12-19(22-24)20(21)23/h3,5,7,11,16-18,24H,1,4,6,8-10,12H2,2H3. The van der Waals surface area contributed by atoms with Crippen molar-refractivity contribution in [3.8, 4) is 5.75 Å². The number of oxime groups is 1. The molecule has 3 aliphatic rings. The molecule has 1 N–H and O–H groups in total. The van der Waals surface area contributed by atoms with Gasteiger partial charge in [0.25, 0.3) is 0 Å². The van der Waals surface area contributed by atoms with Crippen LogP contribution in [-0.4, -0.2) is 23.3 Å². The van der Waals surface area contributed by atoms with Gasteiger partial charge in [0.1, 0.15) is 18.1 Å². The van der Waals surface area contributed by atoms with Gasteiger partial charge in [0.15, 0.2) is 5.78 Å². The highest BCUT2D eigenvalue weighted by atomic mass is 16.5. The Morgan fingerprint density at radius 3 is 3.04 bits per heavy atom. The molecule has 0 amide bonds. The van der Waals surface area contributed by atoms with Gasteiger partial charge in [-0.2, -0.15) is 0 Å². The van der Waals surface area contributed by atoms with Crippen LogP contribution in [0.1, 0.15) is 49.7 Å². The number of benzene rings is 1. The Morgan fingerprint density at radius 2 is 2.28 bits per heavy atom. The third kappa shape index (κ3) is 2.42. The zero-order valence-corrected chi connectivity index (χ0v) is 14.7. The molecule has 132 valence electrons. The molecule has 0 aliphatic heterocycles. The van der Waals surface area contributed by atoms with Gasteiger partial charge >= 0.3 is 0 Å². The molecule has 2 fully saturated rings. The van der Waals surface area contributed by atoms with E-state index in [1.54, 1.807) is 6.08 Å². The summed E-state index contributed by atoms with van der Waals surface area (Å²) in [7, 11) is 0. The molecule has 0 aromatic heterocycles. The number of hydrogen-bond donors (Lipinski definition) is 1. The van der Waals surface area contributed by atoms with Crippen LogP contribution in [0.2, 0.25) is 0 Å². The number of carbonyl (C=O) groups excluding carboxylic acids is 1. The number of aryl methyl sites for hydroxylation is 1. The van der Waals surface area contributed by atoms with Crippen molar-refractivity contribution in [2.24, 2.45) is 22.4 Å². The molecule has 0 bridgehead atoms. The highest BCUT2D eigenvalue weighted by Gasteiger charge is 2.57. The molecular weight excluding hydrogens is 314 g/mol. The fourth-order valence-corrected chi connectivity index (χ4v) is 5.50. The van der Waals surface area contributed by atoms with E-state index in [2.05, 4.69) is 36.9 Å². The third-order valence-corrected chi connectivity index (χ3v) is 6.77. The Bertz CT molecular complexity index is 754. The fourth-order valence-electron chi connectivity index (χ4n) is 5.50. The summed E-state index contributed by atoms with van der Waals surface area (Å²) in [6.07, 6.45) is 6.41. The van der Waals surface area contributed by atoms with Crippen LogP contribution in [-0.2, 0) is 11.2 Å². The number of carbonyl (C=O) groups is 1. The van der Waals surface area contributed by atoms with Crippen LogP contribution < -0.4 is 4.74 Å². The second-order valence-corrected chi connectivity index (χ2v) is 7.91. The first kappa shape index (κ1) is 16.4. The largest absolute Gasteiger partial charge is 0.490 e. The van der Waals surface area contributed by atoms with Crippen LogP contribution in [0.5, 0.6) is 5.75 Å². The third-order valence-electron chi connectivity index (χ3n) is 6.77. The molecule has 25 heavy (non-hydrogen) atoms. The Hall–Kier alpha value is -2.10. The first-order valence-corrected chi connectivity index (χ1v) is 9.20. The zero-order chi connectivity index (χ0) is 17.6. The van der Waals surface area contributed by atoms with E-state index >= 15 is 0 Å². The topological polar surface area (TPSA) is 58.9 Å². The summed E-state index contributed by atoms with van der Waals surface area (Å²) in [5.74, 6) is 2.27. The Balaban J connectivity index is 1.64. The van der Waals surface area contributed by atoms with Gasteiger partial charge in [-0.15, -0.1) is 0 Å². The van der Waals surface area contributed by atoms with E-state index in [9.17, 15) is 10.0 Å². The Kier molecular flexibility index (Phi) is 3.94. The van der Waals surface area contributed by atoms with Crippen molar-refractivity contribution in [3.63, 3.8) is 0 Å². The van der Waals surface area contributed by atoms with Gasteiger partial charge in [-0.1, -0.05) is 30.8 Å². The van der Waals surface area contributed by atoms with E-state index in [1.165, 1.54) is 11.1 Å². The van der Waals surface area contributed by atoms with Crippen molar-refractivity contribution < 1.29 is 14.7 Å². The van der Waals surface area contributed by atoms with Crippen LogP contribution >= 0.6 is 0 Å². The predicted octanol–water partition coefficient (Wildman–Crippen LogP) is 4.12. The van der Waals surface area contributed by atoms with Crippen LogP contribution in [0.25, 0.3) is 0 Å². The average Bonchev–Trinajstić information content (AvgIpc) is 2.90. The van der Waals surface area contributed by atoms with Crippen LogP contribution in [0.3, 0.4) is 0 Å². The average molecular weight is 339 g/mol. The second-order valence-electron chi connectivity index (χ2n) is 7.91. The smallest absolute Gasteiger partial charge is 0.186 e. The summed E-state index contributed by atoms with van der Waals surface area (Å²) in [5.41, 5.74) is 2.85. The lowest BCUT2D eigenvalue weighted by Crippen LogP contribution is -2.42. The van der Waals surface area contributed by atoms with Gasteiger partial charge in [0.05, 0.1) is 0 Å². The van der Waals surface area contributed by atoms with Gasteiger partial charge in [0, 0.05) is 11.8 Å². The van der Waals surface area contributed by atoms with Crippen molar-refractivity contribution >= 4 is 11.5 Å². The molecular formula is C21H25NO3. The van der Waals surface area contributed by atoms with Crippen molar-refractivity contribution in [2.45, 2.75) is 44.9 Å². The maximum atomic E-state index is 12.6. The first-order chi connectivity index (χ1) is 12.1. The highest BCUT2D eigenvalue weighted by molar-refractivity contribution is 6.43. The molecule has 4 rings (SSSR count). The summed E-state index contributed by atoms with van der Waals surface area (Å²) < 4.78 is 5.68. The SMILES string of the molecule is C=CCOc1ccc2c(c1)CCC1C2CCC2(C)C(=O)C(=NO)CC12. The second kappa shape index (κ2) is 6.01. The molecule has 1 aromatic rings. The van der Waals surface area contributed by atoms with Gasteiger partial charge in [-0.05, 0) is 66.7 Å². The molecule has 3 aliphatic carbocycles. The van der Waals surface area contributed by atoms with Crippen molar-refractivity contribution in [1.82, 2.24) is 0 Å². The number of fused-ring (bicyclic) bond motifs is 5. The summed E-state index contributed by atoms with van der Waals surface area (Å²) in [6, 6.07) is 6.44.